The molecular weight excluding hydrogens is 305 g/mol. The zero-order chi connectivity index (χ0) is 15.9. The zero-order valence-corrected chi connectivity index (χ0v) is 12.4. The quantitative estimate of drug-likeness (QED) is 0.743. The van der Waals surface area contributed by atoms with E-state index in [1.54, 1.807) is 0 Å². The molecule has 0 aliphatic rings. The summed E-state index contributed by atoms with van der Waals surface area (Å²) in [5.41, 5.74) is -0.602. The summed E-state index contributed by atoms with van der Waals surface area (Å²) < 4.78 is 38.0. The smallest absolute Gasteiger partial charge is 0.385 e. The maximum absolute atomic E-state index is 12.7. The molecule has 0 aliphatic carbocycles. The Morgan fingerprint density at radius 1 is 1.29 bits per heavy atom. The highest BCUT2D eigenvalue weighted by atomic mass is 35.5. The zero-order valence-electron chi connectivity index (χ0n) is 11.7. The number of halogens is 4. The fourth-order valence-corrected chi connectivity index (χ4v) is 1.89. The van der Waals surface area contributed by atoms with Crippen LogP contribution >= 0.6 is 11.6 Å². The minimum atomic E-state index is -4.49. The van der Waals surface area contributed by atoms with E-state index in [1.807, 2.05) is 6.92 Å². The summed E-state index contributed by atoms with van der Waals surface area (Å²) in [7, 11) is 0. The Bertz CT molecular complexity index is 478. The van der Waals surface area contributed by atoms with Crippen molar-refractivity contribution >= 4 is 23.2 Å². The van der Waals surface area contributed by atoms with Gasteiger partial charge in [-0.25, -0.2) is 0 Å². The van der Waals surface area contributed by atoms with E-state index in [1.165, 1.54) is 12.1 Å². The minimum Gasteiger partial charge on any atom is -0.385 e. The first-order valence-electron chi connectivity index (χ1n) is 6.72. The summed E-state index contributed by atoms with van der Waals surface area (Å²) in [6, 6.07) is 3.58. The molecule has 0 saturated carbocycles. The van der Waals surface area contributed by atoms with Gasteiger partial charge in [-0.3, -0.25) is 4.79 Å². The number of benzene rings is 1. The van der Waals surface area contributed by atoms with Crippen molar-refractivity contribution in [3.63, 3.8) is 0 Å². The van der Waals surface area contributed by atoms with Crippen LogP contribution in [-0.4, -0.2) is 19.0 Å². The van der Waals surface area contributed by atoms with Gasteiger partial charge in [-0.1, -0.05) is 24.9 Å². The molecule has 0 bridgehead atoms. The van der Waals surface area contributed by atoms with Crippen molar-refractivity contribution in [3.05, 3.63) is 28.8 Å². The molecule has 1 aromatic carbocycles. The highest BCUT2D eigenvalue weighted by Crippen LogP contribution is 2.36. The highest BCUT2D eigenvalue weighted by molar-refractivity contribution is 6.31. The second-order valence-corrected chi connectivity index (χ2v) is 4.98. The molecule has 118 valence electrons. The van der Waals surface area contributed by atoms with Crippen LogP contribution in [-0.2, 0) is 11.0 Å². The highest BCUT2D eigenvalue weighted by Gasteiger charge is 2.33. The van der Waals surface area contributed by atoms with Crippen molar-refractivity contribution in [2.24, 2.45) is 0 Å². The number of carbonyl (C=O) groups excluding carboxylic acids is 1. The molecule has 0 heterocycles. The van der Waals surface area contributed by atoms with E-state index in [0.717, 1.165) is 18.9 Å². The van der Waals surface area contributed by atoms with Crippen molar-refractivity contribution in [2.45, 2.75) is 32.4 Å². The van der Waals surface area contributed by atoms with E-state index in [4.69, 9.17) is 11.6 Å². The van der Waals surface area contributed by atoms with Crippen molar-refractivity contribution in [2.75, 3.05) is 18.4 Å². The van der Waals surface area contributed by atoms with Crippen LogP contribution in [0.1, 0.15) is 31.7 Å². The summed E-state index contributed by atoms with van der Waals surface area (Å²) in [6.45, 7) is 2.90. The van der Waals surface area contributed by atoms with E-state index in [2.05, 4.69) is 10.6 Å². The van der Waals surface area contributed by atoms with Crippen LogP contribution in [0.15, 0.2) is 18.2 Å². The normalized spacial score (nSPS) is 11.3. The number of anilines is 1. The predicted molar refractivity (Wildman–Crippen MR) is 77.5 cm³/mol. The van der Waals surface area contributed by atoms with E-state index in [9.17, 15) is 18.0 Å². The van der Waals surface area contributed by atoms with E-state index in [-0.39, 0.29) is 29.6 Å². The summed E-state index contributed by atoms with van der Waals surface area (Å²) in [5, 5.41) is 5.18. The lowest BCUT2D eigenvalue weighted by Gasteiger charge is -2.12. The summed E-state index contributed by atoms with van der Waals surface area (Å²) in [4.78, 5) is 11.4. The third-order valence-electron chi connectivity index (χ3n) is 2.81. The van der Waals surface area contributed by atoms with Gasteiger partial charge in [0.1, 0.15) is 0 Å². The first-order valence-corrected chi connectivity index (χ1v) is 7.09. The van der Waals surface area contributed by atoms with Gasteiger partial charge < -0.3 is 10.6 Å². The van der Waals surface area contributed by atoms with Crippen LogP contribution in [0.4, 0.5) is 18.9 Å². The maximum Gasteiger partial charge on any atom is 0.417 e. The largest absolute Gasteiger partial charge is 0.417 e. The van der Waals surface area contributed by atoms with Gasteiger partial charge in [0.05, 0.1) is 10.6 Å². The van der Waals surface area contributed by atoms with Crippen LogP contribution in [0.2, 0.25) is 5.02 Å². The van der Waals surface area contributed by atoms with Crippen LogP contribution in [0.5, 0.6) is 0 Å². The van der Waals surface area contributed by atoms with Crippen molar-refractivity contribution in [1.29, 1.82) is 0 Å². The molecule has 0 spiro atoms. The molecule has 0 radical (unpaired) electrons. The molecule has 0 saturated heterocycles. The Kier molecular flexibility index (Phi) is 6.81. The Morgan fingerprint density at radius 2 is 2.00 bits per heavy atom. The first-order chi connectivity index (χ1) is 9.84. The number of rotatable bonds is 7. The van der Waals surface area contributed by atoms with E-state index < -0.39 is 11.7 Å². The molecule has 0 aliphatic heterocycles. The molecule has 1 rings (SSSR count). The topological polar surface area (TPSA) is 41.1 Å². The lowest BCUT2D eigenvalue weighted by molar-refractivity contribution is -0.137. The van der Waals surface area contributed by atoms with Crippen LogP contribution in [0.3, 0.4) is 0 Å². The predicted octanol–water partition coefficient (Wildman–Crippen LogP) is 4.08. The van der Waals surface area contributed by atoms with Gasteiger partial charge in [0, 0.05) is 25.2 Å². The number of hydrogen-bond donors (Lipinski definition) is 2. The molecule has 0 unspecified atom stereocenters. The fraction of sp³-hybridized carbons (Fsp3) is 0.500. The molecule has 0 atom stereocenters. The second kappa shape index (κ2) is 8.12. The standard InChI is InChI=1S/C14H18ClF3N2O/c1-2-3-7-20-13(21)6-8-19-10-4-5-12(15)11(9-10)14(16,17)18/h4-5,9,19H,2-3,6-8H2,1H3,(H,20,21). The number of hydrogen-bond acceptors (Lipinski definition) is 2. The Morgan fingerprint density at radius 3 is 2.62 bits per heavy atom. The van der Waals surface area contributed by atoms with Crippen LogP contribution in [0.25, 0.3) is 0 Å². The molecular formula is C14H18ClF3N2O. The summed E-state index contributed by atoms with van der Waals surface area (Å²) in [6.07, 6.45) is -2.39. The molecule has 21 heavy (non-hydrogen) atoms. The molecule has 2 N–H and O–H groups in total. The Balaban J connectivity index is 2.48. The molecule has 3 nitrogen and oxygen atoms in total. The van der Waals surface area contributed by atoms with Gasteiger partial charge in [0.15, 0.2) is 0 Å². The van der Waals surface area contributed by atoms with E-state index in [0.29, 0.717) is 6.54 Å². The van der Waals surface area contributed by atoms with Gasteiger partial charge in [0.25, 0.3) is 0 Å². The number of carbonyl (C=O) groups is 1. The van der Waals surface area contributed by atoms with Gasteiger partial charge in [-0.2, -0.15) is 13.2 Å². The molecule has 1 aromatic rings. The number of nitrogens with one attached hydrogen (secondary N) is 2. The monoisotopic (exact) mass is 322 g/mol. The molecule has 7 heteroatoms. The Labute approximate surface area is 126 Å². The van der Waals surface area contributed by atoms with E-state index >= 15 is 0 Å². The lowest BCUT2D eigenvalue weighted by atomic mass is 10.2. The maximum atomic E-state index is 12.7. The number of amides is 1. The minimum absolute atomic E-state index is 0.124. The van der Waals surface area contributed by atoms with Crippen LogP contribution < -0.4 is 10.6 Å². The third-order valence-corrected chi connectivity index (χ3v) is 3.14. The van der Waals surface area contributed by atoms with Crippen molar-refractivity contribution < 1.29 is 18.0 Å². The van der Waals surface area contributed by atoms with Gasteiger partial charge in [-0.15, -0.1) is 0 Å². The third kappa shape index (κ3) is 6.25. The second-order valence-electron chi connectivity index (χ2n) is 4.57. The van der Waals surface area contributed by atoms with Gasteiger partial charge in [0.2, 0.25) is 5.91 Å². The first kappa shape index (κ1) is 17.6. The van der Waals surface area contributed by atoms with Gasteiger partial charge >= 0.3 is 6.18 Å². The van der Waals surface area contributed by atoms with Crippen molar-refractivity contribution in [1.82, 2.24) is 5.32 Å². The SMILES string of the molecule is CCCCNC(=O)CCNc1ccc(Cl)c(C(F)(F)F)c1. The van der Waals surface area contributed by atoms with Crippen molar-refractivity contribution in [3.8, 4) is 0 Å². The average Bonchev–Trinajstić information content (AvgIpc) is 2.39. The lowest BCUT2D eigenvalue weighted by Crippen LogP contribution is -2.26. The summed E-state index contributed by atoms with van der Waals surface area (Å²) >= 11 is 5.52. The molecule has 1 amide bonds. The molecule has 0 aromatic heterocycles. The molecule has 0 fully saturated rings. The average molecular weight is 323 g/mol. The number of alkyl halides is 3. The summed E-state index contributed by atoms with van der Waals surface area (Å²) in [5.74, 6) is -0.124. The van der Waals surface area contributed by atoms with Gasteiger partial charge in [-0.05, 0) is 24.6 Å². The fourth-order valence-electron chi connectivity index (χ4n) is 1.67. The Hall–Kier alpha value is -1.43. The number of unbranched alkanes of at least 4 members (excludes halogenated alkanes) is 1. The van der Waals surface area contributed by atoms with Crippen LogP contribution in [0, 0.1) is 0 Å².